The molecule has 20 nitrogen and oxygen atoms in total. The second-order valence-corrected chi connectivity index (χ2v) is 19.3. The molecule has 0 bridgehead atoms. The SMILES string of the molecule is O.O.O.O.Oc1cccc(O)c1O.Oc1cccc(O)c1O.c1ccc2nc3ccccc3nc2c1.c1ccc2nc3ccccc3nc2c1.c1ccc2nc3ccccc3nc2c1.c1ccc2nc3ccccc3nc2c1.c1ccc2nc3ccccc3nc2c1. The van der Waals surface area contributed by atoms with Gasteiger partial charge in [-0.3, -0.25) is 0 Å². The van der Waals surface area contributed by atoms with Crippen LogP contribution in [0.3, 0.4) is 0 Å². The number of nitrogens with zero attached hydrogens (tertiary/aromatic N) is 10. The van der Waals surface area contributed by atoms with Crippen molar-refractivity contribution in [3.8, 4) is 34.5 Å². The molecule has 0 spiro atoms. The van der Waals surface area contributed by atoms with E-state index in [-0.39, 0.29) is 44.9 Å². The van der Waals surface area contributed by atoms with Crippen molar-refractivity contribution >= 4 is 110 Å². The van der Waals surface area contributed by atoms with Crippen LogP contribution in [0.4, 0.5) is 0 Å². The third kappa shape index (κ3) is 16.5. The molecule has 17 aromatic rings. The van der Waals surface area contributed by atoms with Gasteiger partial charge >= 0.3 is 0 Å². The fraction of sp³-hybridized carbons (Fsp3) is 0. The van der Waals surface area contributed by atoms with E-state index in [9.17, 15) is 0 Å². The van der Waals surface area contributed by atoms with E-state index < -0.39 is 11.5 Å². The Balaban J connectivity index is 0.000000152. The lowest BCUT2D eigenvalue weighted by Gasteiger charge is -1.98. The second-order valence-electron chi connectivity index (χ2n) is 19.3. The quantitative estimate of drug-likeness (QED) is 0.0607. The Morgan fingerprint density at radius 2 is 0.217 bits per heavy atom. The van der Waals surface area contributed by atoms with E-state index in [2.05, 4.69) is 49.8 Å². The highest BCUT2D eigenvalue weighted by Gasteiger charge is 2.05. The predicted molar refractivity (Wildman–Crippen MR) is 363 cm³/mol. The molecule has 0 unspecified atom stereocenters. The van der Waals surface area contributed by atoms with Gasteiger partial charge in [0.05, 0.1) is 110 Å². The molecule has 5 heterocycles. The monoisotopic (exact) mass is 1220 g/mol. The molecule has 0 radical (unpaired) electrons. The minimum atomic E-state index is -0.475. The van der Waals surface area contributed by atoms with E-state index in [4.69, 9.17) is 30.6 Å². The summed E-state index contributed by atoms with van der Waals surface area (Å²) >= 11 is 0. The number of hydrogen-bond donors (Lipinski definition) is 6. The van der Waals surface area contributed by atoms with Gasteiger partial charge in [-0.1, -0.05) is 133 Å². The summed E-state index contributed by atoms with van der Waals surface area (Å²) in [4.78, 5) is 45.2. The van der Waals surface area contributed by atoms with Crippen LogP contribution < -0.4 is 0 Å². The van der Waals surface area contributed by atoms with Crippen molar-refractivity contribution in [2.45, 2.75) is 0 Å². The Labute approximate surface area is 524 Å². The smallest absolute Gasteiger partial charge is 0.200 e. The summed E-state index contributed by atoms with van der Waals surface area (Å²) in [6.45, 7) is 0. The standard InChI is InChI=1S/5C12H8N2.2C6H6O3.4H2O/c5*1-2-6-10-9(5-1)13-11-7-3-4-8-12(11)14-10;2*7-4-2-1-3-5(8)6(4)9;;;;/h5*1-8H;2*1-3,7-9H;4*1H2. The van der Waals surface area contributed by atoms with Gasteiger partial charge in [-0.25, -0.2) is 49.8 Å². The lowest BCUT2D eigenvalue weighted by Crippen LogP contribution is -1.85. The number of aromatic nitrogens is 10. The molecule has 0 saturated carbocycles. The first-order chi connectivity index (χ1) is 43.1. The minimum Gasteiger partial charge on any atom is -0.504 e. The van der Waals surface area contributed by atoms with Crippen LogP contribution in [0.25, 0.3) is 110 Å². The molecule has 5 aromatic heterocycles. The van der Waals surface area contributed by atoms with Crippen LogP contribution in [0.2, 0.25) is 0 Å². The first-order valence-electron chi connectivity index (χ1n) is 27.6. The summed E-state index contributed by atoms with van der Waals surface area (Å²) in [6, 6.07) is 87.2. The Kier molecular flexibility index (Phi) is 23.1. The minimum absolute atomic E-state index is 0. The summed E-state index contributed by atoms with van der Waals surface area (Å²) in [5, 5.41) is 52.2. The van der Waals surface area contributed by atoms with Gasteiger partial charge in [-0.2, -0.15) is 0 Å². The maximum absolute atomic E-state index is 8.71. The molecular weight excluding hydrogens is 1160 g/mol. The normalized spacial score (nSPS) is 10.1. The van der Waals surface area contributed by atoms with E-state index in [1.165, 1.54) is 36.4 Å². The maximum Gasteiger partial charge on any atom is 0.200 e. The summed E-state index contributed by atoms with van der Waals surface area (Å²) in [5.74, 6) is -2.19. The van der Waals surface area contributed by atoms with Crippen LogP contribution in [-0.4, -0.2) is 102 Å². The lowest BCUT2D eigenvalue weighted by atomic mass is 10.2. The summed E-state index contributed by atoms with van der Waals surface area (Å²) in [6.07, 6.45) is 0. The van der Waals surface area contributed by atoms with Gasteiger partial charge in [-0.15, -0.1) is 0 Å². The van der Waals surface area contributed by atoms with Crippen LogP contribution in [-0.2, 0) is 0 Å². The van der Waals surface area contributed by atoms with Gasteiger partial charge in [0, 0.05) is 0 Å². The average Bonchev–Trinajstić information content (AvgIpc) is 0.950. The number of aromatic hydroxyl groups is 6. The van der Waals surface area contributed by atoms with Gasteiger partial charge < -0.3 is 52.5 Å². The maximum atomic E-state index is 8.71. The summed E-state index contributed by atoms with van der Waals surface area (Å²) in [7, 11) is 0. The van der Waals surface area contributed by atoms with Crippen molar-refractivity contribution in [1.29, 1.82) is 0 Å². The van der Waals surface area contributed by atoms with Crippen molar-refractivity contribution in [3.05, 3.63) is 279 Å². The molecule has 17 rings (SSSR count). The van der Waals surface area contributed by atoms with E-state index >= 15 is 0 Å². The van der Waals surface area contributed by atoms with Crippen LogP contribution in [0, 0.1) is 0 Å². The first kappa shape index (κ1) is 66.8. The van der Waals surface area contributed by atoms with Gasteiger partial charge in [0.2, 0.25) is 0 Å². The number of phenolic OH excluding ortho intramolecular Hbond substituents is 6. The van der Waals surface area contributed by atoms with Crippen molar-refractivity contribution in [3.63, 3.8) is 0 Å². The zero-order valence-corrected chi connectivity index (χ0v) is 48.7. The molecule has 0 saturated heterocycles. The molecular formula is C72H60N10O10. The van der Waals surface area contributed by atoms with E-state index in [1.54, 1.807) is 0 Å². The fourth-order valence-electron chi connectivity index (χ4n) is 8.87. The van der Waals surface area contributed by atoms with Gasteiger partial charge in [0.15, 0.2) is 34.5 Å². The highest BCUT2D eigenvalue weighted by molar-refractivity contribution is 5.90. The molecule has 0 aliphatic heterocycles. The van der Waals surface area contributed by atoms with Gasteiger partial charge in [-0.05, 0) is 146 Å². The Hall–Kier alpha value is -12.7. The van der Waals surface area contributed by atoms with Crippen molar-refractivity contribution < 1.29 is 52.5 Å². The van der Waals surface area contributed by atoms with Crippen molar-refractivity contribution in [1.82, 2.24) is 49.8 Å². The molecule has 0 aliphatic rings. The number of para-hydroxylation sites is 22. The molecule has 0 atom stereocenters. The number of benzene rings is 12. The molecule has 12 aromatic carbocycles. The third-order valence-electron chi connectivity index (χ3n) is 13.2. The topological polar surface area (TPSA) is 376 Å². The zero-order valence-electron chi connectivity index (χ0n) is 48.7. The molecule has 20 heteroatoms. The third-order valence-corrected chi connectivity index (χ3v) is 13.2. The van der Waals surface area contributed by atoms with Crippen LogP contribution in [0.15, 0.2) is 279 Å². The molecule has 458 valence electrons. The van der Waals surface area contributed by atoms with Gasteiger partial charge in [0.25, 0.3) is 0 Å². The van der Waals surface area contributed by atoms with E-state index in [1.807, 2.05) is 243 Å². The van der Waals surface area contributed by atoms with E-state index in [0.29, 0.717) is 0 Å². The van der Waals surface area contributed by atoms with Crippen molar-refractivity contribution in [2.75, 3.05) is 0 Å². The highest BCUT2D eigenvalue weighted by Crippen LogP contribution is 2.34. The van der Waals surface area contributed by atoms with E-state index in [0.717, 1.165) is 110 Å². The summed E-state index contributed by atoms with van der Waals surface area (Å²) in [5.41, 5.74) is 19.0. The first-order valence-corrected chi connectivity index (χ1v) is 27.6. The average molecular weight is 1230 g/mol. The summed E-state index contributed by atoms with van der Waals surface area (Å²) < 4.78 is 0. The molecule has 92 heavy (non-hydrogen) atoms. The number of hydrogen-bond acceptors (Lipinski definition) is 16. The zero-order chi connectivity index (χ0) is 60.6. The molecule has 0 fully saturated rings. The van der Waals surface area contributed by atoms with Crippen LogP contribution in [0.1, 0.15) is 0 Å². The Morgan fingerprint density at radius 1 is 0.130 bits per heavy atom. The van der Waals surface area contributed by atoms with Gasteiger partial charge in [0.1, 0.15) is 0 Å². The van der Waals surface area contributed by atoms with Crippen LogP contribution in [0.5, 0.6) is 34.5 Å². The van der Waals surface area contributed by atoms with Crippen molar-refractivity contribution in [2.24, 2.45) is 0 Å². The number of phenols is 6. The lowest BCUT2D eigenvalue weighted by molar-refractivity contribution is 0.368. The number of rotatable bonds is 0. The highest BCUT2D eigenvalue weighted by atomic mass is 16.3. The second kappa shape index (κ2) is 31.8. The van der Waals surface area contributed by atoms with Crippen LogP contribution >= 0.6 is 0 Å². The predicted octanol–water partition coefficient (Wildman–Crippen LogP) is 12.2. The Bertz CT molecular complexity index is 4010. The Morgan fingerprint density at radius 3 is 0.293 bits per heavy atom. The number of fused-ring (bicyclic) bond motifs is 10. The molecule has 0 amide bonds. The largest absolute Gasteiger partial charge is 0.504 e. The fourth-order valence-corrected chi connectivity index (χ4v) is 8.87. The molecule has 14 N–H and O–H groups in total. The molecule has 0 aliphatic carbocycles.